The summed E-state index contributed by atoms with van der Waals surface area (Å²) in [6.45, 7) is 0. The van der Waals surface area contributed by atoms with Gasteiger partial charge in [-0.15, -0.1) is 0 Å². The van der Waals surface area contributed by atoms with E-state index < -0.39 is 0 Å². The van der Waals surface area contributed by atoms with Crippen LogP contribution in [0.2, 0.25) is 0 Å². The zero-order valence-electron chi connectivity index (χ0n) is 37.4. The maximum Gasteiger partial charge on any atom is 0.0620 e. The van der Waals surface area contributed by atoms with E-state index in [1.54, 1.807) is 0 Å². The molecule has 0 saturated heterocycles. The molecule has 0 saturated carbocycles. The summed E-state index contributed by atoms with van der Waals surface area (Å²) >= 11 is 0. The minimum absolute atomic E-state index is 1.16. The molecule has 0 unspecified atom stereocenters. The highest BCUT2D eigenvalue weighted by molar-refractivity contribution is 6.27. The molecule has 3 heteroatoms. The van der Waals surface area contributed by atoms with Gasteiger partial charge in [-0.25, -0.2) is 0 Å². The lowest BCUT2D eigenvalue weighted by atomic mass is 9.90. The van der Waals surface area contributed by atoms with Crippen molar-refractivity contribution in [3.05, 3.63) is 237 Å². The Morgan fingerprint density at radius 3 is 1.13 bits per heavy atom. The van der Waals surface area contributed by atoms with Gasteiger partial charge in [-0.3, -0.25) is 0 Å². The molecule has 69 heavy (non-hydrogen) atoms. The van der Waals surface area contributed by atoms with Crippen molar-refractivity contribution in [3.63, 3.8) is 0 Å². The Bertz CT molecular complexity index is 4810. The van der Waals surface area contributed by atoms with Gasteiger partial charge < -0.3 is 13.5 Å². The summed E-state index contributed by atoms with van der Waals surface area (Å²) in [7, 11) is 0. The molecule has 0 bridgehead atoms. The predicted octanol–water partition coefficient (Wildman–Crippen LogP) is 17.8. The van der Waals surface area contributed by atoms with Gasteiger partial charge in [-0.05, 0) is 133 Å². The van der Waals surface area contributed by atoms with Crippen LogP contribution in [0.3, 0.4) is 0 Å². The SMILES string of the molecule is c1ccc(-n2c3ccccc3c3cc(-c4ccc5c6ccc(-c7ccc8c(c7)c7ccccc7n8-c7ccc8c9cccc%10c%11ccccc%11n(c8c7)c%109)cc6c6ccccc6c5c4)ccc32)cc1. The lowest BCUT2D eigenvalue weighted by molar-refractivity contribution is 1.18. The van der Waals surface area contributed by atoms with E-state index in [0.717, 1.165) is 5.69 Å². The fourth-order valence-electron chi connectivity index (χ4n) is 12.3. The predicted molar refractivity (Wildman–Crippen MR) is 293 cm³/mol. The van der Waals surface area contributed by atoms with Gasteiger partial charge in [0.05, 0.1) is 38.6 Å². The van der Waals surface area contributed by atoms with Crippen molar-refractivity contribution in [2.24, 2.45) is 0 Å². The van der Waals surface area contributed by atoms with Crippen LogP contribution in [0.4, 0.5) is 0 Å². The zero-order chi connectivity index (χ0) is 44.9. The van der Waals surface area contributed by atoms with Gasteiger partial charge in [0.1, 0.15) is 0 Å². The van der Waals surface area contributed by atoms with Crippen LogP contribution in [0, 0.1) is 0 Å². The molecule has 16 aromatic rings. The van der Waals surface area contributed by atoms with Crippen LogP contribution in [0.1, 0.15) is 0 Å². The maximum absolute atomic E-state index is 2.48. The molecule has 0 radical (unpaired) electrons. The van der Waals surface area contributed by atoms with Crippen molar-refractivity contribution < 1.29 is 0 Å². The highest BCUT2D eigenvalue weighted by atomic mass is 15.0. The average molecular weight is 874 g/mol. The number of rotatable bonds is 4. The third-order valence-electron chi connectivity index (χ3n) is 15.3. The molecule has 3 nitrogen and oxygen atoms in total. The number of nitrogens with zero attached hydrogens (tertiary/aromatic N) is 3. The van der Waals surface area contributed by atoms with E-state index in [-0.39, 0.29) is 0 Å². The third-order valence-corrected chi connectivity index (χ3v) is 15.3. The third kappa shape index (κ3) is 5.06. The molecule has 4 heterocycles. The molecule has 0 atom stereocenters. The lowest BCUT2D eigenvalue weighted by Gasteiger charge is -2.14. The van der Waals surface area contributed by atoms with Gasteiger partial charge in [0.15, 0.2) is 0 Å². The van der Waals surface area contributed by atoms with Crippen LogP contribution in [-0.4, -0.2) is 13.5 Å². The largest absolute Gasteiger partial charge is 0.309 e. The Hall–Kier alpha value is -9.18. The average Bonchev–Trinajstić information content (AvgIpc) is 4.15. The maximum atomic E-state index is 2.48. The Labute approximate surface area is 395 Å². The zero-order valence-corrected chi connectivity index (χ0v) is 37.4. The minimum Gasteiger partial charge on any atom is -0.309 e. The molecule has 0 aliphatic rings. The molecule has 0 aliphatic carbocycles. The normalized spacial score (nSPS) is 12.3. The fraction of sp³-hybridized carbons (Fsp3) is 0. The first-order valence-electron chi connectivity index (χ1n) is 23.9. The smallest absolute Gasteiger partial charge is 0.0620 e. The molecule has 12 aromatic carbocycles. The highest BCUT2D eigenvalue weighted by Gasteiger charge is 2.20. The molecule has 0 aliphatic heterocycles. The van der Waals surface area contributed by atoms with Crippen molar-refractivity contribution >= 4 is 114 Å². The molecule has 0 amide bonds. The molecular formula is C66H39N3. The van der Waals surface area contributed by atoms with Crippen LogP contribution >= 0.6 is 0 Å². The molecule has 0 spiro atoms. The fourth-order valence-corrected chi connectivity index (χ4v) is 12.3. The topological polar surface area (TPSA) is 14.3 Å². The number of hydrogen-bond acceptors (Lipinski definition) is 0. The van der Waals surface area contributed by atoms with Gasteiger partial charge in [0.25, 0.3) is 0 Å². The first kappa shape index (κ1) is 37.0. The molecular weight excluding hydrogens is 835 g/mol. The summed E-state index contributed by atoms with van der Waals surface area (Å²) < 4.78 is 7.31. The van der Waals surface area contributed by atoms with E-state index in [2.05, 4.69) is 250 Å². The molecule has 318 valence electrons. The van der Waals surface area contributed by atoms with Crippen LogP contribution in [0.15, 0.2) is 237 Å². The van der Waals surface area contributed by atoms with Crippen molar-refractivity contribution in [1.29, 1.82) is 0 Å². The summed E-state index contributed by atoms with van der Waals surface area (Å²) in [5.74, 6) is 0. The number of para-hydroxylation sites is 5. The van der Waals surface area contributed by atoms with Crippen molar-refractivity contribution in [2.45, 2.75) is 0 Å². The summed E-state index contributed by atoms with van der Waals surface area (Å²) in [6.07, 6.45) is 0. The monoisotopic (exact) mass is 873 g/mol. The van der Waals surface area contributed by atoms with E-state index in [0.29, 0.717) is 0 Å². The minimum atomic E-state index is 1.16. The van der Waals surface area contributed by atoms with E-state index in [1.165, 1.54) is 142 Å². The Kier molecular flexibility index (Phi) is 7.34. The van der Waals surface area contributed by atoms with E-state index in [1.807, 2.05) is 0 Å². The van der Waals surface area contributed by atoms with E-state index in [4.69, 9.17) is 0 Å². The standard InChI is InChI=1S/C66H39N3/c1-2-13-44(14-3-1)67-60-22-9-7-18-51(60)58-37-42(27-33-63(58)67)40-25-30-48-49-31-26-41(36-57(49)47-16-5-4-15-46(47)56(48)35-40)43-28-34-64-59(38-43)52-19-8-10-23-61(52)68(64)45-29-32-53-55-21-12-20-54-50-17-6-11-24-62(50)69(66(54)55)65(53)39-45/h1-39H. The summed E-state index contributed by atoms with van der Waals surface area (Å²) in [6, 6.07) is 88.0. The molecule has 4 aromatic heterocycles. The van der Waals surface area contributed by atoms with Gasteiger partial charge in [0.2, 0.25) is 0 Å². The molecule has 0 N–H and O–H groups in total. The second kappa shape index (κ2) is 13.7. The lowest BCUT2D eigenvalue weighted by Crippen LogP contribution is -1.94. The quantitative estimate of drug-likeness (QED) is 0.156. The van der Waals surface area contributed by atoms with Gasteiger partial charge in [0, 0.05) is 54.5 Å². The summed E-state index contributed by atoms with van der Waals surface area (Å²) in [4.78, 5) is 0. The van der Waals surface area contributed by atoms with Crippen molar-refractivity contribution in [3.8, 4) is 33.6 Å². The molecule has 0 fully saturated rings. The van der Waals surface area contributed by atoms with Crippen LogP contribution in [-0.2, 0) is 0 Å². The Morgan fingerprint density at radius 2 is 0.565 bits per heavy atom. The van der Waals surface area contributed by atoms with Crippen LogP contribution in [0.25, 0.3) is 148 Å². The van der Waals surface area contributed by atoms with E-state index in [9.17, 15) is 0 Å². The number of fused-ring (bicyclic) bond motifs is 18. The summed E-state index contributed by atoms with van der Waals surface area (Å²) in [5, 5.41) is 17.8. The van der Waals surface area contributed by atoms with Crippen LogP contribution < -0.4 is 0 Å². The number of benzene rings is 12. The van der Waals surface area contributed by atoms with E-state index >= 15 is 0 Å². The second-order valence-corrected chi connectivity index (χ2v) is 18.8. The van der Waals surface area contributed by atoms with Gasteiger partial charge >= 0.3 is 0 Å². The first-order chi connectivity index (χ1) is 34.2. The second-order valence-electron chi connectivity index (χ2n) is 18.8. The van der Waals surface area contributed by atoms with Gasteiger partial charge in [-0.1, -0.05) is 158 Å². The number of hydrogen-bond donors (Lipinski definition) is 0. The van der Waals surface area contributed by atoms with Gasteiger partial charge in [-0.2, -0.15) is 0 Å². The molecule has 16 rings (SSSR count). The van der Waals surface area contributed by atoms with Crippen LogP contribution in [0.5, 0.6) is 0 Å². The summed E-state index contributed by atoms with van der Waals surface area (Å²) in [5.41, 5.74) is 15.8. The highest BCUT2D eigenvalue weighted by Crippen LogP contribution is 2.44. The Morgan fingerprint density at radius 1 is 0.188 bits per heavy atom. The number of aromatic nitrogens is 3. The Balaban J connectivity index is 0.832. The first-order valence-corrected chi connectivity index (χ1v) is 23.9. The van der Waals surface area contributed by atoms with Crippen molar-refractivity contribution in [1.82, 2.24) is 13.5 Å². The van der Waals surface area contributed by atoms with Crippen molar-refractivity contribution in [2.75, 3.05) is 0 Å².